The lowest BCUT2D eigenvalue weighted by Crippen LogP contribution is -2.19. The predicted octanol–water partition coefficient (Wildman–Crippen LogP) is 2.08. The zero-order valence-electron chi connectivity index (χ0n) is 11.9. The van der Waals surface area contributed by atoms with Crippen molar-refractivity contribution < 1.29 is 14.6 Å². The molecule has 0 aromatic heterocycles. The molecule has 0 radical (unpaired) electrons. The van der Waals surface area contributed by atoms with Gasteiger partial charge in [-0.1, -0.05) is 30.3 Å². The van der Waals surface area contributed by atoms with Crippen molar-refractivity contribution in [2.75, 3.05) is 18.5 Å². The largest absolute Gasteiger partial charge is 0.470 e. The summed E-state index contributed by atoms with van der Waals surface area (Å²) in [6.45, 7) is 0.346. The Bertz CT molecular complexity index is 698. The van der Waals surface area contributed by atoms with Crippen molar-refractivity contribution in [2.24, 2.45) is 4.99 Å². The van der Waals surface area contributed by atoms with Crippen LogP contribution in [0.5, 0.6) is 0 Å². The molecule has 3 rings (SSSR count). The Morgan fingerprint density at radius 2 is 1.91 bits per heavy atom. The minimum absolute atomic E-state index is 0.0778. The summed E-state index contributed by atoms with van der Waals surface area (Å²) in [5, 5.41) is 12.0. The summed E-state index contributed by atoms with van der Waals surface area (Å²) >= 11 is 0. The fraction of sp³-hybridized carbons (Fsp3) is 0.176. The van der Waals surface area contributed by atoms with Crippen LogP contribution in [0.1, 0.15) is 15.9 Å². The number of rotatable bonds is 4. The number of carbonyl (C=O) groups excluding carboxylic acids is 1. The molecule has 0 saturated carbocycles. The van der Waals surface area contributed by atoms with Crippen LogP contribution in [-0.4, -0.2) is 36.2 Å². The third kappa shape index (κ3) is 2.99. The molecule has 2 aromatic rings. The number of carbonyl (C=O) groups is 1. The van der Waals surface area contributed by atoms with Gasteiger partial charge in [0.1, 0.15) is 6.10 Å². The molecule has 0 saturated heterocycles. The fourth-order valence-electron chi connectivity index (χ4n) is 2.22. The number of hydrogen-bond donors (Lipinski definition) is 2. The summed E-state index contributed by atoms with van der Waals surface area (Å²) in [4.78, 5) is 16.6. The van der Waals surface area contributed by atoms with E-state index in [1.165, 1.54) is 0 Å². The van der Waals surface area contributed by atoms with Crippen LogP contribution in [0.15, 0.2) is 59.6 Å². The first-order valence-electron chi connectivity index (χ1n) is 7.05. The van der Waals surface area contributed by atoms with Crippen molar-refractivity contribution >= 4 is 17.5 Å². The Balaban J connectivity index is 1.82. The topological polar surface area (TPSA) is 70.9 Å². The Kier molecular flexibility index (Phi) is 4.16. The number of aliphatic hydroxyl groups is 1. The van der Waals surface area contributed by atoms with Crippen molar-refractivity contribution in [2.45, 2.75) is 6.10 Å². The van der Waals surface area contributed by atoms with Gasteiger partial charge in [-0.3, -0.25) is 4.79 Å². The van der Waals surface area contributed by atoms with Crippen molar-refractivity contribution in [3.05, 3.63) is 65.7 Å². The lowest BCUT2D eigenvalue weighted by Gasteiger charge is -2.12. The van der Waals surface area contributed by atoms with Crippen LogP contribution in [-0.2, 0) is 4.74 Å². The summed E-state index contributed by atoms with van der Waals surface area (Å²) in [5.41, 5.74) is 1.93. The molecule has 0 spiro atoms. The van der Waals surface area contributed by atoms with Gasteiger partial charge in [0.2, 0.25) is 5.90 Å². The SMILES string of the molecule is O=C(Nc1ccccc1C1=NCC(CO)O1)c1ccccc1. The molecule has 0 bridgehead atoms. The van der Waals surface area contributed by atoms with Gasteiger partial charge < -0.3 is 15.2 Å². The minimum atomic E-state index is -0.312. The van der Waals surface area contributed by atoms with E-state index in [4.69, 9.17) is 9.84 Å². The zero-order valence-corrected chi connectivity index (χ0v) is 11.9. The molecule has 1 aliphatic heterocycles. The van der Waals surface area contributed by atoms with Crippen LogP contribution in [0.2, 0.25) is 0 Å². The first-order chi connectivity index (χ1) is 10.8. The molecular formula is C17H16N2O3. The highest BCUT2D eigenvalue weighted by Gasteiger charge is 2.22. The predicted molar refractivity (Wildman–Crippen MR) is 84.2 cm³/mol. The number of aliphatic imine (C=N–C) groups is 1. The third-order valence-electron chi connectivity index (χ3n) is 3.36. The van der Waals surface area contributed by atoms with E-state index in [0.29, 0.717) is 29.3 Å². The summed E-state index contributed by atoms with van der Waals surface area (Å²) in [6.07, 6.45) is -0.312. The van der Waals surface area contributed by atoms with E-state index in [1.54, 1.807) is 18.2 Å². The second-order valence-corrected chi connectivity index (χ2v) is 4.93. The molecule has 22 heavy (non-hydrogen) atoms. The molecule has 112 valence electrons. The van der Waals surface area contributed by atoms with E-state index >= 15 is 0 Å². The highest BCUT2D eigenvalue weighted by atomic mass is 16.5. The lowest BCUT2D eigenvalue weighted by molar-refractivity contribution is 0.102. The average Bonchev–Trinajstić information content (AvgIpc) is 3.05. The van der Waals surface area contributed by atoms with Crippen LogP contribution in [0, 0.1) is 0 Å². The average molecular weight is 296 g/mol. The molecule has 1 atom stereocenters. The molecule has 1 unspecified atom stereocenters. The van der Waals surface area contributed by atoms with Crippen molar-refractivity contribution in [1.29, 1.82) is 0 Å². The van der Waals surface area contributed by atoms with Gasteiger partial charge in [0.15, 0.2) is 0 Å². The molecule has 1 aliphatic rings. The van der Waals surface area contributed by atoms with Crippen molar-refractivity contribution in [3.63, 3.8) is 0 Å². The quantitative estimate of drug-likeness (QED) is 0.907. The van der Waals surface area contributed by atoms with E-state index in [-0.39, 0.29) is 18.6 Å². The van der Waals surface area contributed by atoms with Gasteiger partial charge in [0, 0.05) is 5.56 Å². The van der Waals surface area contributed by atoms with Gasteiger partial charge in [-0.25, -0.2) is 4.99 Å². The molecule has 5 nitrogen and oxygen atoms in total. The Morgan fingerprint density at radius 3 is 2.64 bits per heavy atom. The first kappa shape index (κ1) is 14.3. The summed E-state index contributed by atoms with van der Waals surface area (Å²) in [5.74, 6) is 0.258. The fourth-order valence-corrected chi connectivity index (χ4v) is 2.22. The number of anilines is 1. The number of aliphatic hydroxyl groups excluding tert-OH is 1. The van der Waals surface area contributed by atoms with Crippen LogP contribution < -0.4 is 5.32 Å². The van der Waals surface area contributed by atoms with Gasteiger partial charge >= 0.3 is 0 Å². The maximum Gasteiger partial charge on any atom is 0.255 e. The van der Waals surface area contributed by atoms with Crippen LogP contribution in [0.25, 0.3) is 0 Å². The monoisotopic (exact) mass is 296 g/mol. The van der Waals surface area contributed by atoms with Gasteiger partial charge in [0.05, 0.1) is 24.4 Å². The smallest absolute Gasteiger partial charge is 0.255 e. The molecule has 1 heterocycles. The Labute approximate surface area is 128 Å². The van der Waals surface area contributed by atoms with Crippen LogP contribution in [0.4, 0.5) is 5.69 Å². The summed E-state index contributed by atoms with van der Waals surface area (Å²) in [6, 6.07) is 16.3. The summed E-state index contributed by atoms with van der Waals surface area (Å²) < 4.78 is 5.57. The number of amides is 1. The summed E-state index contributed by atoms with van der Waals surface area (Å²) in [7, 11) is 0. The molecule has 1 amide bonds. The maximum atomic E-state index is 12.3. The van der Waals surface area contributed by atoms with E-state index < -0.39 is 0 Å². The minimum Gasteiger partial charge on any atom is -0.470 e. The number of nitrogens with zero attached hydrogens (tertiary/aromatic N) is 1. The van der Waals surface area contributed by atoms with E-state index in [1.807, 2.05) is 36.4 Å². The Hall–Kier alpha value is -2.66. The van der Waals surface area contributed by atoms with E-state index in [9.17, 15) is 4.79 Å². The highest BCUT2D eigenvalue weighted by molar-refractivity contribution is 6.09. The number of ether oxygens (including phenoxy) is 1. The molecule has 5 heteroatoms. The van der Waals surface area contributed by atoms with E-state index in [0.717, 1.165) is 0 Å². The number of nitrogens with one attached hydrogen (secondary N) is 1. The second-order valence-electron chi connectivity index (χ2n) is 4.93. The third-order valence-corrected chi connectivity index (χ3v) is 3.36. The van der Waals surface area contributed by atoms with Crippen LogP contribution in [0.3, 0.4) is 0 Å². The molecular weight excluding hydrogens is 280 g/mol. The number of hydrogen-bond acceptors (Lipinski definition) is 4. The zero-order chi connectivity index (χ0) is 15.4. The van der Waals surface area contributed by atoms with E-state index in [2.05, 4.69) is 10.3 Å². The van der Waals surface area contributed by atoms with Gasteiger partial charge in [-0.05, 0) is 24.3 Å². The molecule has 0 fully saturated rings. The van der Waals surface area contributed by atoms with Gasteiger partial charge in [-0.2, -0.15) is 0 Å². The second kappa shape index (κ2) is 6.41. The lowest BCUT2D eigenvalue weighted by atomic mass is 10.1. The van der Waals surface area contributed by atoms with Gasteiger partial charge in [0.25, 0.3) is 5.91 Å². The maximum absolute atomic E-state index is 12.3. The Morgan fingerprint density at radius 1 is 1.18 bits per heavy atom. The van der Waals surface area contributed by atoms with Crippen molar-refractivity contribution in [1.82, 2.24) is 0 Å². The molecule has 2 N–H and O–H groups in total. The van der Waals surface area contributed by atoms with Crippen LogP contribution >= 0.6 is 0 Å². The standard InChI is InChI=1S/C17H16N2O3/c20-11-13-10-18-17(22-13)14-8-4-5-9-15(14)19-16(21)12-6-2-1-3-7-12/h1-9,13,20H,10-11H2,(H,19,21). The number of benzene rings is 2. The van der Waals surface area contributed by atoms with Gasteiger partial charge in [-0.15, -0.1) is 0 Å². The first-order valence-corrected chi connectivity index (χ1v) is 7.05. The normalized spacial score (nSPS) is 16.8. The molecule has 2 aromatic carbocycles. The molecule has 0 aliphatic carbocycles. The van der Waals surface area contributed by atoms with Crippen molar-refractivity contribution in [3.8, 4) is 0 Å². The highest BCUT2D eigenvalue weighted by Crippen LogP contribution is 2.21. The number of para-hydroxylation sites is 1.